The van der Waals surface area contributed by atoms with E-state index >= 15 is 0 Å². The molecule has 0 bridgehead atoms. The zero-order valence-electron chi connectivity index (χ0n) is 10.8. The maximum atomic E-state index is 11.8. The van der Waals surface area contributed by atoms with Crippen LogP contribution < -0.4 is 5.32 Å². The average Bonchev–Trinajstić information content (AvgIpc) is 2.15. The Morgan fingerprint density at radius 2 is 2.06 bits per heavy atom. The number of hydrogen-bond donors (Lipinski definition) is 2. The fraction of sp³-hybridized carbons (Fsp3) is 0.833. The second-order valence-electron chi connectivity index (χ2n) is 5.69. The molecule has 0 unspecified atom stereocenters. The first-order valence-corrected chi connectivity index (χ1v) is 6.04. The number of carboxylic acid groups (broad SMARTS) is 1. The third-order valence-electron chi connectivity index (χ3n) is 2.88. The molecular formula is C12H22N2O3. The van der Waals surface area contributed by atoms with Crippen LogP contribution in [0.2, 0.25) is 0 Å². The molecule has 1 heterocycles. The van der Waals surface area contributed by atoms with Crippen molar-refractivity contribution < 1.29 is 14.7 Å². The lowest BCUT2D eigenvalue weighted by molar-refractivity contribution is -0.138. The summed E-state index contributed by atoms with van der Waals surface area (Å²) < 4.78 is 0. The summed E-state index contributed by atoms with van der Waals surface area (Å²) in [5.74, 6) is -0.785. The van der Waals surface area contributed by atoms with Crippen LogP contribution in [0, 0.1) is 5.41 Å². The van der Waals surface area contributed by atoms with Gasteiger partial charge in [0.05, 0.1) is 6.54 Å². The molecule has 0 aliphatic carbocycles. The van der Waals surface area contributed by atoms with Crippen LogP contribution in [0.5, 0.6) is 0 Å². The van der Waals surface area contributed by atoms with Gasteiger partial charge < -0.3 is 10.4 Å². The van der Waals surface area contributed by atoms with E-state index in [1.807, 2.05) is 25.7 Å². The highest BCUT2D eigenvalue weighted by Crippen LogP contribution is 2.15. The number of aliphatic carboxylic acids is 1. The maximum absolute atomic E-state index is 11.8. The van der Waals surface area contributed by atoms with E-state index in [0.29, 0.717) is 6.54 Å². The Morgan fingerprint density at radius 1 is 1.41 bits per heavy atom. The molecule has 1 rings (SSSR count). The first kappa shape index (κ1) is 14.0. The smallest absolute Gasteiger partial charge is 0.317 e. The Morgan fingerprint density at radius 3 is 2.59 bits per heavy atom. The first-order valence-electron chi connectivity index (χ1n) is 6.04. The molecular weight excluding hydrogens is 220 g/mol. The Hall–Kier alpha value is -1.10. The average molecular weight is 242 g/mol. The number of rotatable bonds is 3. The van der Waals surface area contributed by atoms with E-state index in [1.54, 1.807) is 0 Å². The molecule has 1 aliphatic rings. The van der Waals surface area contributed by atoms with Gasteiger partial charge in [-0.25, -0.2) is 0 Å². The summed E-state index contributed by atoms with van der Waals surface area (Å²) in [6, 6.07) is 0.0785. The lowest BCUT2D eigenvalue weighted by Gasteiger charge is -2.33. The van der Waals surface area contributed by atoms with Gasteiger partial charge in [0.15, 0.2) is 0 Å². The van der Waals surface area contributed by atoms with E-state index < -0.39 is 11.4 Å². The van der Waals surface area contributed by atoms with Gasteiger partial charge in [-0.15, -0.1) is 0 Å². The molecule has 5 heteroatoms. The number of carbonyl (C=O) groups excluding carboxylic acids is 1. The number of likely N-dealkylation sites (tertiary alicyclic amines) is 1. The van der Waals surface area contributed by atoms with E-state index in [2.05, 4.69) is 5.32 Å². The van der Waals surface area contributed by atoms with Crippen molar-refractivity contribution in [2.45, 2.75) is 39.7 Å². The van der Waals surface area contributed by atoms with Gasteiger partial charge in [0, 0.05) is 18.0 Å². The van der Waals surface area contributed by atoms with Crippen molar-refractivity contribution in [1.82, 2.24) is 10.2 Å². The zero-order chi connectivity index (χ0) is 13.1. The van der Waals surface area contributed by atoms with Crippen LogP contribution in [-0.2, 0) is 9.59 Å². The van der Waals surface area contributed by atoms with Crippen LogP contribution in [0.15, 0.2) is 0 Å². The molecule has 1 fully saturated rings. The lowest BCUT2D eigenvalue weighted by atomic mass is 9.94. The monoisotopic (exact) mass is 242 g/mol. The van der Waals surface area contributed by atoms with Gasteiger partial charge in [0.2, 0.25) is 5.91 Å². The van der Waals surface area contributed by atoms with Gasteiger partial charge in [0.25, 0.3) is 0 Å². The fourth-order valence-electron chi connectivity index (χ4n) is 1.91. The third kappa shape index (κ3) is 4.73. The highest BCUT2D eigenvalue weighted by molar-refractivity contribution is 5.81. The molecule has 1 aliphatic heterocycles. The number of piperidine rings is 1. The van der Waals surface area contributed by atoms with Crippen molar-refractivity contribution >= 4 is 11.9 Å². The normalized spacial score (nSPS) is 22.2. The first-order chi connectivity index (χ1) is 7.79. The molecule has 0 spiro atoms. The summed E-state index contributed by atoms with van der Waals surface area (Å²) in [7, 11) is 0. The molecule has 0 radical (unpaired) electrons. The summed E-state index contributed by atoms with van der Waals surface area (Å²) in [6.45, 7) is 7.12. The minimum atomic E-state index is -0.812. The predicted molar refractivity (Wildman–Crippen MR) is 64.7 cm³/mol. The topological polar surface area (TPSA) is 69.6 Å². The summed E-state index contributed by atoms with van der Waals surface area (Å²) in [6.07, 6.45) is 1.86. The summed E-state index contributed by atoms with van der Waals surface area (Å²) in [5, 5.41) is 11.7. The molecule has 1 amide bonds. The standard InChI is InChI=1S/C12H22N2O3/c1-12(2,3)11(17)13-9-5-4-6-14(7-9)8-10(15)16/h9H,4-8H2,1-3H3,(H,13,17)(H,15,16)/t9-/m0/s1. The Bertz CT molecular complexity index is 297. The zero-order valence-corrected chi connectivity index (χ0v) is 10.8. The molecule has 0 aromatic carbocycles. The summed E-state index contributed by atoms with van der Waals surface area (Å²) in [4.78, 5) is 24.3. The van der Waals surface area contributed by atoms with Crippen LogP contribution in [0.3, 0.4) is 0 Å². The summed E-state index contributed by atoms with van der Waals surface area (Å²) in [5.41, 5.74) is -0.394. The molecule has 1 saturated heterocycles. The van der Waals surface area contributed by atoms with Crippen molar-refractivity contribution in [1.29, 1.82) is 0 Å². The molecule has 0 aromatic rings. The van der Waals surface area contributed by atoms with Crippen molar-refractivity contribution in [2.75, 3.05) is 19.6 Å². The second kappa shape index (κ2) is 5.49. The maximum Gasteiger partial charge on any atom is 0.317 e. The number of nitrogens with zero attached hydrogens (tertiary/aromatic N) is 1. The molecule has 2 N–H and O–H groups in total. The highest BCUT2D eigenvalue weighted by atomic mass is 16.4. The Kier molecular flexibility index (Phi) is 4.51. The lowest BCUT2D eigenvalue weighted by Crippen LogP contribution is -2.51. The number of nitrogens with one attached hydrogen (secondary N) is 1. The molecule has 17 heavy (non-hydrogen) atoms. The SMILES string of the molecule is CC(C)(C)C(=O)N[C@H]1CCCN(CC(=O)O)C1. The largest absolute Gasteiger partial charge is 0.480 e. The minimum absolute atomic E-state index is 0.0275. The van der Waals surface area contributed by atoms with E-state index in [0.717, 1.165) is 19.4 Å². The fourth-order valence-corrected chi connectivity index (χ4v) is 1.91. The van der Waals surface area contributed by atoms with Crippen LogP contribution >= 0.6 is 0 Å². The van der Waals surface area contributed by atoms with Crippen molar-refractivity contribution in [3.05, 3.63) is 0 Å². The molecule has 0 saturated carbocycles. The van der Waals surface area contributed by atoms with Crippen LogP contribution in [0.1, 0.15) is 33.6 Å². The predicted octanol–water partition coefficient (Wildman–Crippen LogP) is 0.698. The van der Waals surface area contributed by atoms with E-state index in [4.69, 9.17) is 5.11 Å². The van der Waals surface area contributed by atoms with Crippen molar-refractivity contribution in [2.24, 2.45) is 5.41 Å². The number of hydrogen-bond acceptors (Lipinski definition) is 3. The van der Waals surface area contributed by atoms with Crippen LogP contribution in [-0.4, -0.2) is 47.6 Å². The quantitative estimate of drug-likeness (QED) is 0.764. The number of carbonyl (C=O) groups is 2. The van der Waals surface area contributed by atoms with Crippen molar-refractivity contribution in [3.8, 4) is 0 Å². The third-order valence-corrected chi connectivity index (χ3v) is 2.88. The number of amides is 1. The molecule has 0 aromatic heterocycles. The Labute approximate surface area is 102 Å². The van der Waals surface area contributed by atoms with E-state index in [1.165, 1.54) is 0 Å². The molecule has 98 valence electrons. The summed E-state index contributed by atoms with van der Waals surface area (Å²) >= 11 is 0. The molecule has 1 atom stereocenters. The van der Waals surface area contributed by atoms with Crippen LogP contribution in [0.25, 0.3) is 0 Å². The number of carboxylic acids is 1. The van der Waals surface area contributed by atoms with E-state index in [-0.39, 0.29) is 18.5 Å². The van der Waals surface area contributed by atoms with E-state index in [9.17, 15) is 9.59 Å². The Balaban J connectivity index is 2.45. The van der Waals surface area contributed by atoms with Crippen molar-refractivity contribution in [3.63, 3.8) is 0 Å². The van der Waals surface area contributed by atoms with Gasteiger partial charge in [-0.2, -0.15) is 0 Å². The van der Waals surface area contributed by atoms with Gasteiger partial charge in [-0.05, 0) is 19.4 Å². The highest BCUT2D eigenvalue weighted by Gasteiger charge is 2.27. The molecule has 5 nitrogen and oxygen atoms in total. The minimum Gasteiger partial charge on any atom is -0.480 e. The van der Waals surface area contributed by atoms with Gasteiger partial charge in [-0.1, -0.05) is 20.8 Å². The van der Waals surface area contributed by atoms with Crippen LogP contribution in [0.4, 0.5) is 0 Å². The van der Waals surface area contributed by atoms with Gasteiger partial charge >= 0.3 is 5.97 Å². The van der Waals surface area contributed by atoms with Gasteiger partial charge in [-0.3, -0.25) is 14.5 Å². The van der Waals surface area contributed by atoms with Gasteiger partial charge in [0.1, 0.15) is 0 Å². The second-order valence-corrected chi connectivity index (χ2v) is 5.69.